The molecule has 2 rings (SSSR count). The number of hydrogen-bond acceptors (Lipinski definition) is 3. The van der Waals surface area contributed by atoms with E-state index in [0.29, 0.717) is 6.42 Å². The van der Waals surface area contributed by atoms with E-state index in [1.165, 1.54) is 0 Å². The molecule has 0 saturated carbocycles. The molecule has 0 aliphatic carbocycles. The van der Waals surface area contributed by atoms with Gasteiger partial charge >= 0.3 is 5.97 Å². The van der Waals surface area contributed by atoms with Gasteiger partial charge in [0, 0.05) is 6.42 Å². The zero-order valence-corrected chi connectivity index (χ0v) is 8.49. The van der Waals surface area contributed by atoms with E-state index in [1.54, 1.807) is 0 Å². The Hall–Kier alpha value is -0.830. The predicted octanol–water partition coefficient (Wildman–Crippen LogP) is 1.82. The van der Waals surface area contributed by atoms with Gasteiger partial charge in [-0.25, -0.2) is 0 Å². The molecule has 0 spiro atoms. The third kappa shape index (κ3) is 1.57. The second-order valence-electron chi connectivity index (χ2n) is 3.98. The molecule has 0 bridgehead atoms. The lowest BCUT2D eigenvalue weighted by Gasteiger charge is -2.23. The number of carbonyl (C=O) groups excluding carboxylic acids is 1. The van der Waals surface area contributed by atoms with Crippen molar-refractivity contribution in [3.63, 3.8) is 0 Å². The summed E-state index contributed by atoms with van der Waals surface area (Å²) in [7, 11) is 0. The predicted molar refractivity (Wildman–Crippen MR) is 51.8 cm³/mol. The van der Waals surface area contributed by atoms with Crippen molar-refractivity contribution in [3.8, 4) is 0 Å². The lowest BCUT2D eigenvalue weighted by molar-refractivity contribution is -0.158. The van der Waals surface area contributed by atoms with Gasteiger partial charge in [0.1, 0.15) is 0 Å². The van der Waals surface area contributed by atoms with E-state index in [4.69, 9.17) is 9.47 Å². The topological polar surface area (TPSA) is 35.5 Å². The number of rotatable bonds is 2. The van der Waals surface area contributed by atoms with Crippen LogP contribution in [-0.2, 0) is 14.3 Å². The van der Waals surface area contributed by atoms with E-state index in [0.717, 1.165) is 24.8 Å². The van der Waals surface area contributed by atoms with Crippen LogP contribution in [0.1, 0.15) is 32.6 Å². The smallest absolute Gasteiger partial charge is 0.306 e. The molecule has 0 aromatic carbocycles. The van der Waals surface area contributed by atoms with Crippen molar-refractivity contribution in [3.05, 3.63) is 12.2 Å². The summed E-state index contributed by atoms with van der Waals surface area (Å²) in [6.45, 7) is 6.09. The Bertz CT molecular complexity index is 259. The molecule has 14 heavy (non-hydrogen) atoms. The highest BCUT2D eigenvalue weighted by Gasteiger charge is 2.43. The Labute approximate surface area is 84.1 Å². The van der Waals surface area contributed by atoms with Gasteiger partial charge in [0.15, 0.2) is 6.10 Å². The second kappa shape index (κ2) is 3.73. The molecule has 3 atom stereocenters. The summed E-state index contributed by atoms with van der Waals surface area (Å²) in [6, 6.07) is 0. The summed E-state index contributed by atoms with van der Waals surface area (Å²) in [4.78, 5) is 11.1. The zero-order chi connectivity index (χ0) is 10.1. The Kier molecular flexibility index (Phi) is 2.59. The quantitative estimate of drug-likeness (QED) is 0.499. The summed E-state index contributed by atoms with van der Waals surface area (Å²) >= 11 is 0. The highest BCUT2D eigenvalue weighted by Crippen LogP contribution is 2.35. The SMILES string of the molecule is C=C1C(CCC)OC2CCC(=O)O[C@@H]12. The maximum absolute atomic E-state index is 11.1. The molecule has 2 aliphatic rings. The Morgan fingerprint density at radius 1 is 1.57 bits per heavy atom. The summed E-state index contributed by atoms with van der Waals surface area (Å²) < 4.78 is 11.0. The summed E-state index contributed by atoms with van der Waals surface area (Å²) in [5, 5.41) is 0. The lowest BCUT2D eigenvalue weighted by atomic mass is 9.98. The fourth-order valence-electron chi connectivity index (χ4n) is 2.14. The Balaban J connectivity index is 2.05. The van der Waals surface area contributed by atoms with Crippen molar-refractivity contribution in [2.75, 3.05) is 0 Å². The minimum absolute atomic E-state index is 0.0664. The van der Waals surface area contributed by atoms with Gasteiger partial charge < -0.3 is 9.47 Å². The van der Waals surface area contributed by atoms with Crippen molar-refractivity contribution in [1.29, 1.82) is 0 Å². The molecule has 2 fully saturated rings. The van der Waals surface area contributed by atoms with E-state index in [9.17, 15) is 4.79 Å². The number of carbonyl (C=O) groups is 1. The van der Waals surface area contributed by atoms with E-state index in [-0.39, 0.29) is 24.3 Å². The zero-order valence-electron chi connectivity index (χ0n) is 8.49. The fourth-order valence-corrected chi connectivity index (χ4v) is 2.14. The van der Waals surface area contributed by atoms with Crippen LogP contribution in [0.4, 0.5) is 0 Å². The minimum atomic E-state index is -0.173. The van der Waals surface area contributed by atoms with Gasteiger partial charge in [-0.05, 0) is 18.4 Å². The molecule has 0 aromatic heterocycles. The van der Waals surface area contributed by atoms with Crippen LogP contribution in [-0.4, -0.2) is 24.3 Å². The number of fused-ring (bicyclic) bond motifs is 1. The normalized spacial score (nSPS) is 36.8. The summed E-state index contributed by atoms with van der Waals surface area (Å²) in [5.74, 6) is -0.117. The standard InChI is InChI=1S/C11H16O3/c1-3-4-8-7(2)11-9(13-8)5-6-10(12)14-11/h8-9,11H,2-6H2,1H3/t8?,9?,11-/m0/s1. The molecule has 78 valence electrons. The first-order valence-electron chi connectivity index (χ1n) is 5.26. The fraction of sp³-hybridized carbons (Fsp3) is 0.727. The molecule has 2 aliphatic heterocycles. The van der Waals surface area contributed by atoms with Crippen LogP contribution >= 0.6 is 0 Å². The first-order valence-corrected chi connectivity index (χ1v) is 5.26. The monoisotopic (exact) mass is 196 g/mol. The molecule has 0 radical (unpaired) electrons. The van der Waals surface area contributed by atoms with E-state index >= 15 is 0 Å². The molecule has 0 amide bonds. The molecule has 3 nitrogen and oxygen atoms in total. The lowest BCUT2D eigenvalue weighted by Crippen LogP contribution is -2.33. The van der Waals surface area contributed by atoms with Gasteiger partial charge in [-0.15, -0.1) is 0 Å². The third-order valence-corrected chi connectivity index (χ3v) is 2.90. The Morgan fingerprint density at radius 3 is 3.07 bits per heavy atom. The van der Waals surface area contributed by atoms with Crippen molar-refractivity contribution >= 4 is 5.97 Å². The van der Waals surface area contributed by atoms with Crippen molar-refractivity contribution in [2.45, 2.75) is 50.9 Å². The molecule has 2 unspecified atom stereocenters. The highest BCUT2D eigenvalue weighted by molar-refractivity contribution is 5.71. The van der Waals surface area contributed by atoms with Crippen LogP contribution in [0.3, 0.4) is 0 Å². The van der Waals surface area contributed by atoms with Crippen molar-refractivity contribution in [1.82, 2.24) is 0 Å². The van der Waals surface area contributed by atoms with Gasteiger partial charge in [-0.1, -0.05) is 19.9 Å². The first kappa shape index (κ1) is 9.71. The number of esters is 1. The first-order chi connectivity index (χ1) is 6.72. The van der Waals surface area contributed by atoms with Crippen molar-refractivity contribution < 1.29 is 14.3 Å². The maximum Gasteiger partial charge on any atom is 0.306 e. The second-order valence-corrected chi connectivity index (χ2v) is 3.98. The van der Waals surface area contributed by atoms with Gasteiger partial charge in [-0.2, -0.15) is 0 Å². The van der Waals surface area contributed by atoms with E-state index in [2.05, 4.69) is 13.5 Å². The summed E-state index contributed by atoms with van der Waals surface area (Å²) in [5.41, 5.74) is 0.949. The maximum atomic E-state index is 11.1. The van der Waals surface area contributed by atoms with Crippen LogP contribution in [0.5, 0.6) is 0 Å². The molecule has 3 heteroatoms. The van der Waals surface area contributed by atoms with E-state index in [1.807, 2.05) is 0 Å². The minimum Gasteiger partial charge on any atom is -0.455 e. The van der Waals surface area contributed by atoms with Crippen LogP contribution in [0, 0.1) is 0 Å². The van der Waals surface area contributed by atoms with Gasteiger partial charge in [0.05, 0.1) is 12.2 Å². The largest absolute Gasteiger partial charge is 0.455 e. The van der Waals surface area contributed by atoms with E-state index < -0.39 is 0 Å². The van der Waals surface area contributed by atoms with Gasteiger partial charge in [0.2, 0.25) is 0 Å². The van der Waals surface area contributed by atoms with Gasteiger partial charge in [-0.3, -0.25) is 4.79 Å². The van der Waals surface area contributed by atoms with Crippen LogP contribution in [0.2, 0.25) is 0 Å². The Morgan fingerprint density at radius 2 is 2.36 bits per heavy atom. The average molecular weight is 196 g/mol. The summed E-state index contributed by atoms with van der Waals surface area (Å²) in [6.07, 6.45) is 3.29. The molecular formula is C11H16O3. The van der Waals surface area contributed by atoms with Crippen LogP contribution in [0.25, 0.3) is 0 Å². The molecular weight excluding hydrogens is 180 g/mol. The molecule has 0 N–H and O–H groups in total. The number of hydrogen-bond donors (Lipinski definition) is 0. The molecule has 0 aromatic rings. The van der Waals surface area contributed by atoms with Crippen molar-refractivity contribution in [2.24, 2.45) is 0 Å². The number of ether oxygens (including phenoxy) is 2. The molecule has 2 saturated heterocycles. The highest BCUT2D eigenvalue weighted by atomic mass is 16.6. The average Bonchev–Trinajstić information content (AvgIpc) is 2.46. The van der Waals surface area contributed by atoms with Gasteiger partial charge in [0.25, 0.3) is 0 Å². The van der Waals surface area contributed by atoms with Crippen LogP contribution < -0.4 is 0 Å². The third-order valence-electron chi connectivity index (χ3n) is 2.90. The molecule has 2 heterocycles. The van der Waals surface area contributed by atoms with Crippen LogP contribution in [0.15, 0.2) is 12.2 Å².